The highest BCUT2D eigenvalue weighted by molar-refractivity contribution is 5.27. The minimum absolute atomic E-state index is 0.0234. The fourth-order valence-electron chi connectivity index (χ4n) is 3.10. The van der Waals surface area contributed by atoms with E-state index >= 15 is 0 Å². The van der Waals surface area contributed by atoms with E-state index in [0.29, 0.717) is 18.2 Å². The summed E-state index contributed by atoms with van der Waals surface area (Å²) >= 11 is 0. The van der Waals surface area contributed by atoms with Crippen molar-refractivity contribution < 1.29 is 9.84 Å². The molecule has 0 aromatic carbocycles. The zero-order valence-corrected chi connectivity index (χ0v) is 13.7. The highest BCUT2D eigenvalue weighted by Crippen LogP contribution is 2.32. The second-order valence-electron chi connectivity index (χ2n) is 6.14. The van der Waals surface area contributed by atoms with Gasteiger partial charge in [0.25, 0.3) is 0 Å². The van der Waals surface area contributed by atoms with Gasteiger partial charge in [-0.15, -0.1) is 0 Å². The molecule has 124 valence electrons. The third-order valence-corrected chi connectivity index (χ3v) is 4.35. The molecule has 0 amide bonds. The highest BCUT2D eigenvalue weighted by Gasteiger charge is 2.29. The quantitative estimate of drug-likeness (QED) is 0.884. The van der Waals surface area contributed by atoms with Crippen molar-refractivity contribution in [1.29, 1.82) is 0 Å². The van der Waals surface area contributed by atoms with E-state index < -0.39 is 0 Å². The van der Waals surface area contributed by atoms with E-state index in [2.05, 4.69) is 15.3 Å². The van der Waals surface area contributed by atoms with Crippen molar-refractivity contribution in [3.63, 3.8) is 0 Å². The fraction of sp³-hybridized carbons (Fsp3) is 0.529. The molecule has 0 saturated carbocycles. The molecule has 2 aromatic heterocycles. The molecule has 0 bridgehead atoms. The first-order valence-corrected chi connectivity index (χ1v) is 8.10. The van der Waals surface area contributed by atoms with Crippen LogP contribution in [0.5, 0.6) is 5.75 Å². The van der Waals surface area contributed by atoms with Crippen LogP contribution in [-0.2, 0) is 18.3 Å². The van der Waals surface area contributed by atoms with Crippen molar-refractivity contribution >= 4 is 0 Å². The molecule has 2 N–H and O–H groups in total. The molecule has 1 aliphatic heterocycles. The molecule has 6 nitrogen and oxygen atoms in total. The standard InChI is InChI=1S/C17H24N4O2/c1-12-5-6-15(22)14(20-12)11-18-10-13-4-3-9-23-16(13)17-19-7-8-21(17)2/h5-8,13,16,18,22H,3-4,9-11H2,1-2H3/t13-,16+/m0/s1. The molecule has 1 aliphatic rings. The Labute approximate surface area is 136 Å². The average molecular weight is 316 g/mol. The van der Waals surface area contributed by atoms with Gasteiger partial charge in [-0.2, -0.15) is 0 Å². The molecule has 2 aromatic rings. The molecule has 0 aliphatic carbocycles. The molecule has 0 radical (unpaired) electrons. The lowest BCUT2D eigenvalue weighted by molar-refractivity contribution is -0.0344. The first-order valence-electron chi connectivity index (χ1n) is 8.10. The summed E-state index contributed by atoms with van der Waals surface area (Å²) in [6.45, 7) is 4.08. The molecule has 3 heterocycles. The third-order valence-electron chi connectivity index (χ3n) is 4.35. The first-order chi connectivity index (χ1) is 11.1. The van der Waals surface area contributed by atoms with Crippen molar-refractivity contribution in [2.24, 2.45) is 13.0 Å². The van der Waals surface area contributed by atoms with Gasteiger partial charge in [0.1, 0.15) is 17.7 Å². The molecule has 6 heteroatoms. The molecule has 1 saturated heterocycles. The number of aryl methyl sites for hydroxylation is 2. The molecule has 23 heavy (non-hydrogen) atoms. The number of hydrogen-bond acceptors (Lipinski definition) is 5. The number of nitrogens with zero attached hydrogens (tertiary/aromatic N) is 3. The van der Waals surface area contributed by atoms with Gasteiger partial charge >= 0.3 is 0 Å². The Morgan fingerprint density at radius 1 is 1.43 bits per heavy atom. The van der Waals surface area contributed by atoms with Gasteiger partial charge in [-0.3, -0.25) is 4.98 Å². The average Bonchev–Trinajstić information content (AvgIpc) is 2.97. The molecule has 0 unspecified atom stereocenters. The minimum atomic E-state index is 0.0234. The van der Waals surface area contributed by atoms with E-state index in [-0.39, 0.29) is 11.9 Å². The normalized spacial score (nSPS) is 21.5. The van der Waals surface area contributed by atoms with Gasteiger partial charge in [-0.25, -0.2) is 4.98 Å². The van der Waals surface area contributed by atoms with Gasteiger partial charge in [-0.05, 0) is 31.9 Å². The van der Waals surface area contributed by atoms with Crippen molar-refractivity contribution in [2.75, 3.05) is 13.2 Å². The van der Waals surface area contributed by atoms with Crippen LogP contribution in [0, 0.1) is 12.8 Å². The van der Waals surface area contributed by atoms with Gasteiger partial charge in [0.15, 0.2) is 0 Å². The summed E-state index contributed by atoms with van der Waals surface area (Å²) in [4.78, 5) is 8.82. The largest absolute Gasteiger partial charge is 0.506 e. The molecular formula is C17H24N4O2. The van der Waals surface area contributed by atoms with Crippen LogP contribution in [0.2, 0.25) is 0 Å². The molecular weight excluding hydrogens is 292 g/mol. The van der Waals surface area contributed by atoms with Crippen molar-refractivity contribution in [3.05, 3.63) is 41.7 Å². The predicted octanol–water partition coefficient (Wildman–Crippen LogP) is 2.09. The SMILES string of the molecule is Cc1ccc(O)c(CNC[C@@H]2CCCO[C@H]2c2nccn2C)n1. The molecule has 3 rings (SSSR count). The van der Waals surface area contributed by atoms with Crippen molar-refractivity contribution in [2.45, 2.75) is 32.4 Å². The third kappa shape index (κ3) is 3.71. The Morgan fingerprint density at radius 3 is 3.09 bits per heavy atom. The highest BCUT2D eigenvalue weighted by atomic mass is 16.5. The molecule has 0 spiro atoms. The lowest BCUT2D eigenvalue weighted by Gasteiger charge is -2.31. The number of pyridine rings is 1. The van der Waals surface area contributed by atoms with Gasteiger partial charge in [-0.1, -0.05) is 0 Å². The number of rotatable bonds is 5. The monoisotopic (exact) mass is 316 g/mol. The van der Waals surface area contributed by atoms with Gasteiger partial charge < -0.3 is 19.7 Å². The van der Waals surface area contributed by atoms with Crippen molar-refractivity contribution in [1.82, 2.24) is 19.9 Å². The van der Waals surface area contributed by atoms with E-state index in [4.69, 9.17) is 4.74 Å². The lowest BCUT2D eigenvalue weighted by Crippen LogP contribution is -2.33. The Hall–Kier alpha value is -1.92. The summed E-state index contributed by atoms with van der Waals surface area (Å²) in [6.07, 6.45) is 5.97. The van der Waals surface area contributed by atoms with Crippen LogP contribution >= 0.6 is 0 Å². The van der Waals surface area contributed by atoms with Crippen LogP contribution in [-0.4, -0.2) is 32.8 Å². The van der Waals surface area contributed by atoms with Gasteiger partial charge in [0, 0.05) is 50.7 Å². The predicted molar refractivity (Wildman–Crippen MR) is 87.0 cm³/mol. The van der Waals surface area contributed by atoms with E-state index in [1.807, 2.05) is 37.0 Å². The van der Waals surface area contributed by atoms with Crippen LogP contribution in [0.3, 0.4) is 0 Å². The smallest absolute Gasteiger partial charge is 0.138 e. The van der Waals surface area contributed by atoms with E-state index in [1.54, 1.807) is 6.07 Å². The van der Waals surface area contributed by atoms with Crippen LogP contribution in [0.15, 0.2) is 24.5 Å². The van der Waals surface area contributed by atoms with Crippen LogP contribution in [0.1, 0.15) is 36.2 Å². The number of imidazole rings is 1. The second-order valence-corrected chi connectivity index (χ2v) is 6.14. The van der Waals surface area contributed by atoms with Crippen LogP contribution in [0.4, 0.5) is 0 Å². The molecule has 1 fully saturated rings. The maximum absolute atomic E-state index is 9.87. The zero-order valence-electron chi connectivity index (χ0n) is 13.7. The maximum Gasteiger partial charge on any atom is 0.138 e. The second kappa shape index (κ2) is 7.10. The van der Waals surface area contributed by atoms with Gasteiger partial charge in [0.2, 0.25) is 0 Å². The Kier molecular flexibility index (Phi) is 4.93. The number of nitrogens with one attached hydrogen (secondary N) is 1. The number of aromatic hydroxyl groups is 1. The Morgan fingerprint density at radius 2 is 2.30 bits per heavy atom. The van der Waals surface area contributed by atoms with Crippen LogP contribution < -0.4 is 5.32 Å². The van der Waals surface area contributed by atoms with E-state index in [0.717, 1.165) is 37.5 Å². The minimum Gasteiger partial charge on any atom is -0.506 e. The molecule has 2 atom stereocenters. The lowest BCUT2D eigenvalue weighted by atomic mass is 9.93. The van der Waals surface area contributed by atoms with Crippen LogP contribution in [0.25, 0.3) is 0 Å². The maximum atomic E-state index is 9.87. The summed E-state index contributed by atoms with van der Waals surface area (Å²) in [5.41, 5.74) is 1.60. The number of hydrogen-bond donors (Lipinski definition) is 2. The van der Waals surface area contributed by atoms with E-state index in [9.17, 15) is 5.11 Å². The zero-order chi connectivity index (χ0) is 16.2. The first kappa shape index (κ1) is 16.0. The number of ether oxygens (including phenoxy) is 1. The van der Waals surface area contributed by atoms with Crippen molar-refractivity contribution in [3.8, 4) is 5.75 Å². The summed E-state index contributed by atoms with van der Waals surface area (Å²) in [6, 6.07) is 3.50. The Balaban J connectivity index is 1.62. The fourth-order valence-corrected chi connectivity index (χ4v) is 3.10. The summed E-state index contributed by atoms with van der Waals surface area (Å²) in [5, 5.41) is 13.3. The summed E-state index contributed by atoms with van der Waals surface area (Å²) in [7, 11) is 2.00. The van der Waals surface area contributed by atoms with E-state index in [1.165, 1.54) is 0 Å². The Bertz CT molecular complexity index is 656. The van der Waals surface area contributed by atoms with Gasteiger partial charge in [0.05, 0.1) is 5.69 Å². The number of aromatic nitrogens is 3. The summed E-state index contributed by atoms with van der Waals surface area (Å²) < 4.78 is 8.00. The topological polar surface area (TPSA) is 72.2 Å². The summed E-state index contributed by atoms with van der Waals surface area (Å²) in [5.74, 6) is 1.59.